The molecule has 0 spiro atoms. The van der Waals surface area contributed by atoms with E-state index in [4.69, 9.17) is 66.6 Å². The molecule has 0 amide bonds. The molecule has 0 fully saturated rings. The molecule has 4 aromatic carbocycles. The predicted molar refractivity (Wildman–Crippen MR) is 232 cm³/mol. The van der Waals surface area contributed by atoms with Gasteiger partial charge in [-0.2, -0.15) is 0 Å². The summed E-state index contributed by atoms with van der Waals surface area (Å²) in [6, 6.07) is 19.5. The Labute approximate surface area is 374 Å². The number of aromatic carboxylic acids is 2. The third-order valence-corrected chi connectivity index (χ3v) is 10.2. The summed E-state index contributed by atoms with van der Waals surface area (Å²) in [6.45, 7) is 4.03. The lowest BCUT2D eigenvalue weighted by Crippen LogP contribution is -2.20. The zero-order chi connectivity index (χ0) is 46.7. The third kappa shape index (κ3) is 15.2. The first kappa shape index (κ1) is 55.1. The highest BCUT2D eigenvalue weighted by Gasteiger charge is 2.18. The molecule has 6 rings (SSSR count). The van der Waals surface area contributed by atoms with Gasteiger partial charge in [0.2, 0.25) is 11.6 Å². The van der Waals surface area contributed by atoms with Gasteiger partial charge in [0.1, 0.15) is 54.3 Å². The number of nitrogens with zero attached hydrogens (tertiary/aromatic N) is 2. The van der Waals surface area contributed by atoms with Crippen LogP contribution >= 0.6 is 23.2 Å². The van der Waals surface area contributed by atoms with Crippen LogP contribution in [0.5, 0.6) is 11.5 Å². The van der Waals surface area contributed by atoms with Gasteiger partial charge in [-0.25, -0.2) is 36.4 Å². The average molecular weight is 970 g/mol. The van der Waals surface area contributed by atoms with Crippen molar-refractivity contribution < 1.29 is 76.9 Å². The number of aromatic hydroxyl groups is 2. The van der Waals surface area contributed by atoms with Gasteiger partial charge in [-0.15, -0.1) is 9.97 Å². The number of aromatic amines is 2. The Hall–Kier alpha value is -6.90. The van der Waals surface area contributed by atoms with Crippen LogP contribution in [0.2, 0.25) is 10.0 Å². The van der Waals surface area contributed by atoms with E-state index in [1.54, 1.807) is 0 Å². The second kappa shape index (κ2) is 23.5. The minimum absolute atomic E-state index is 0. The van der Waals surface area contributed by atoms with Crippen molar-refractivity contribution in [3.63, 3.8) is 0 Å². The number of rotatable bonds is 8. The molecule has 0 bridgehead atoms. The van der Waals surface area contributed by atoms with Gasteiger partial charge in [-0.1, -0.05) is 61.3 Å². The molecule has 0 aliphatic heterocycles. The normalized spacial score (nSPS) is 10.5. The number of carboxylic acid groups (broad SMARTS) is 2. The molecule has 18 N–H and O–H groups in total. The lowest BCUT2D eigenvalue weighted by Gasteiger charge is -2.08. The van der Waals surface area contributed by atoms with Crippen LogP contribution in [0.25, 0.3) is 22.3 Å². The van der Waals surface area contributed by atoms with Gasteiger partial charge in [0.15, 0.2) is 0 Å². The quantitative estimate of drug-likeness (QED) is 0.101. The zero-order valence-electron chi connectivity index (χ0n) is 33.3. The number of H-pyrrole nitrogens is 2. The molecule has 6 aromatic rings. The van der Waals surface area contributed by atoms with Crippen molar-refractivity contribution in [2.45, 2.75) is 36.5 Å². The smallest absolute Gasteiger partial charge is 0.342 e. The minimum atomic E-state index is -4.70. The number of hydrogen-bond acceptors (Lipinski definition) is 16. The molecule has 2 heterocycles. The van der Waals surface area contributed by atoms with Crippen molar-refractivity contribution in [2.24, 2.45) is 0 Å². The summed E-state index contributed by atoms with van der Waals surface area (Å²) in [4.78, 5) is 33.7. The minimum Gasteiger partial charge on any atom is -0.744 e. The summed E-state index contributed by atoms with van der Waals surface area (Å²) < 4.78 is 62.9. The van der Waals surface area contributed by atoms with Crippen LogP contribution in [-0.2, 0) is 33.1 Å². The van der Waals surface area contributed by atoms with Crippen molar-refractivity contribution in [1.82, 2.24) is 9.97 Å². The molecule has 22 nitrogen and oxygen atoms in total. The number of nitrogen functional groups attached to an aromatic ring is 4. The molecule has 2 aromatic heterocycles. The Morgan fingerprint density at radius 2 is 0.891 bits per heavy atom. The van der Waals surface area contributed by atoms with E-state index in [0.29, 0.717) is 45.7 Å². The number of nitrogens with one attached hydrogen (secondary N) is 2. The lowest BCUT2D eigenvalue weighted by atomic mass is 10.0. The molecular weight excluding hydrogens is 928 g/mol. The van der Waals surface area contributed by atoms with Gasteiger partial charge >= 0.3 is 23.8 Å². The maximum Gasteiger partial charge on any atom is 0.342 e. The molecule has 64 heavy (non-hydrogen) atoms. The molecule has 0 saturated heterocycles. The maximum absolute atomic E-state index is 10.5. The van der Waals surface area contributed by atoms with E-state index >= 15 is 0 Å². The third-order valence-electron chi connectivity index (χ3n) is 8.06. The van der Waals surface area contributed by atoms with Gasteiger partial charge in [0.05, 0.1) is 20.9 Å². The molecular formula is C38H42Cl2N8O14S2. The second-order valence-corrected chi connectivity index (χ2v) is 15.9. The van der Waals surface area contributed by atoms with Crippen molar-refractivity contribution >= 4 is 78.9 Å². The van der Waals surface area contributed by atoms with Gasteiger partial charge < -0.3 is 63.4 Å². The van der Waals surface area contributed by atoms with E-state index in [-0.39, 0.29) is 11.0 Å². The number of nitrogens with two attached hydrogens (primary N) is 4. The Morgan fingerprint density at radius 3 is 1.14 bits per heavy atom. The Balaban J connectivity index is 0.000000424. The highest BCUT2D eigenvalue weighted by atomic mass is 35.5. The number of halogens is 2. The molecule has 0 saturated carbocycles. The van der Waals surface area contributed by atoms with Crippen molar-refractivity contribution in [3.05, 3.63) is 117 Å². The van der Waals surface area contributed by atoms with E-state index in [0.717, 1.165) is 70.7 Å². The zero-order valence-corrected chi connectivity index (χ0v) is 36.5. The Bertz CT molecular complexity index is 2630. The number of anilines is 4. The summed E-state index contributed by atoms with van der Waals surface area (Å²) in [7, 11) is -9.40. The highest BCUT2D eigenvalue weighted by molar-refractivity contribution is 7.86. The fourth-order valence-corrected chi connectivity index (χ4v) is 6.49. The van der Waals surface area contributed by atoms with E-state index in [9.17, 15) is 35.5 Å². The summed E-state index contributed by atoms with van der Waals surface area (Å²) >= 11 is 11.7. The first-order valence-electron chi connectivity index (χ1n) is 17.4. The molecule has 0 radical (unpaired) electrons. The van der Waals surface area contributed by atoms with Crippen molar-refractivity contribution in [1.29, 1.82) is 0 Å². The topological polar surface area (TPSA) is 451 Å². The van der Waals surface area contributed by atoms with Crippen LogP contribution in [-0.4, -0.2) is 79.2 Å². The van der Waals surface area contributed by atoms with Crippen LogP contribution in [0.3, 0.4) is 0 Å². The fourth-order valence-electron chi connectivity index (χ4n) is 5.24. The number of aryl methyl sites for hydroxylation is 2. The van der Waals surface area contributed by atoms with E-state index in [1.165, 1.54) is 0 Å². The maximum atomic E-state index is 10.5. The number of carboxylic acids is 2. The van der Waals surface area contributed by atoms with E-state index in [2.05, 4.69) is 19.9 Å². The van der Waals surface area contributed by atoms with Crippen LogP contribution in [0, 0.1) is 0 Å². The number of aromatic nitrogens is 4. The Kier molecular flexibility index (Phi) is 20.3. The number of phenols is 2. The summed E-state index contributed by atoms with van der Waals surface area (Å²) in [5.41, 5.74) is 27.4. The molecule has 0 aliphatic carbocycles. The van der Waals surface area contributed by atoms with Gasteiger partial charge in [0, 0.05) is 10.0 Å². The van der Waals surface area contributed by atoms with Crippen LogP contribution in [0.1, 0.15) is 46.0 Å². The number of carbonyl (C=O) groups is 2. The summed E-state index contributed by atoms with van der Waals surface area (Å²) in [5, 5.41) is 36.4. The van der Waals surface area contributed by atoms with Gasteiger partial charge in [-0.05, 0) is 84.6 Å². The number of benzene rings is 4. The lowest BCUT2D eigenvalue weighted by molar-refractivity contribution is -0.346. The largest absolute Gasteiger partial charge is 0.744 e. The SMILES string of the molecule is CCc1nc(N)[nH+]c(N)c1-c1ccc(Cl)cc1.CCc1nc(N)[nH+]c(N)c1-c1ccc(Cl)cc1.O.O.O=C(O)c1cc(S(=O)(=O)[O-])ccc1O.O=C(O)c1cc(S(=O)(=O)[O-])ccc1O. The number of hydrogen-bond donors (Lipinski definition) is 8. The van der Waals surface area contributed by atoms with Gasteiger partial charge in [0.25, 0.3) is 0 Å². The van der Waals surface area contributed by atoms with Crippen LogP contribution < -0.4 is 32.9 Å². The molecule has 344 valence electrons. The molecule has 26 heteroatoms. The molecule has 0 aliphatic rings. The highest BCUT2D eigenvalue weighted by Crippen LogP contribution is 2.29. The first-order chi connectivity index (χ1) is 28.9. The molecule has 0 unspecified atom stereocenters. The van der Waals surface area contributed by atoms with Gasteiger partial charge in [-0.3, -0.25) is 0 Å². The second-order valence-electron chi connectivity index (χ2n) is 12.3. The molecule has 0 atom stereocenters. The average Bonchev–Trinajstić information content (AvgIpc) is 3.18. The standard InChI is InChI=1S/2C12H13ClN4.2C7H6O6S.2H2O/c2*1-2-9-10(11(14)17-12(15)16-9)7-3-5-8(13)6-4-7;2*8-6-2-1-4(14(11,12)13)3-5(6)7(9)10;;/h2*3-6H,2H2,1H3,(H4,14,15,16,17);2*1-3,8H,(H,9,10)(H,11,12,13);2*1H2. The summed E-state index contributed by atoms with van der Waals surface area (Å²) in [6.07, 6.45) is 1.53. The van der Waals surface area contributed by atoms with Crippen molar-refractivity contribution in [2.75, 3.05) is 22.9 Å². The predicted octanol–water partition coefficient (Wildman–Crippen LogP) is 2.23. The fraction of sp³-hybridized carbons (Fsp3) is 0.105. The monoisotopic (exact) mass is 968 g/mol. The van der Waals surface area contributed by atoms with E-state index < -0.39 is 64.6 Å². The van der Waals surface area contributed by atoms with E-state index in [1.807, 2.05) is 62.4 Å². The van der Waals surface area contributed by atoms with Crippen LogP contribution in [0.15, 0.2) is 94.7 Å². The van der Waals surface area contributed by atoms with Crippen LogP contribution in [0.4, 0.5) is 23.5 Å². The summed E-state index contributed by atoms with van der Waals surface area (Å²) in [5.74, 6) is -2.49. The van der Waals surface area contributed by atoms with Crippen molar-refractivity contribution in [3.8, 4) is 33.8 Å². The first-order valence-corrected chi connectivity index (χ1v) is 21.0. The Morgan fingerprint density at radius 1 is 0.594 bits per heavy atom.